The maximum Gasteiger partial charge on any atom is 0.331 e. The van der Waals surface area contributed by atoms with Crippen molar-refractivity contribution in [3.63, 3.8) is 0 Å². The van der Waals surface area contributed by atoms with Crippen LogP contribution < -0.4 is 11.1 Å². The second kappa shape index (κ2) is 7.97. The predicted molar refractivity (Wildman–Crippen MR) is 75.4 cm³/mol. The van der Waals surface area contributed by atoms with Gasteiger partial charge in [0, 0.05) is 0 Å². The molecule has 120 valence electrons. The largest absolute Gasteiger partial charge is 0.481 e. The first kappa shape index (κ1) is 17.4. The van der Waals surface area contributed by atoms with Crippen molar-refractivity contribution in [2.75, 3.05) is 7.11 Å². The second-order valence-electron chi connectivity index (χ2n) is 5.54. The quantitative estimate of drug-likeness (QED) is 0.638. The molecule has 21 heavy (non-hydrogen) atoms. The summed E-state index contributed by atoms with van der Waals surface area (Å²) in [4.78, 5) is 34.8. The highest BCUT2D eigenvalue weighted by Crippen LogP contribution is 2.27. The number of aliphatic carboxylic acids is 1. The van der Waals surface area contributed by atoms with Gasteiger partial charge in [0.1, 0.15) is 5.54 Å². The third-order valence-corrected chi connectivity index (χ3v) is 3.88. The molecule has 4 N–H and O–H groups in total. The minimum Gasteiger partial charge on any atom is -0.481 e. The minimum atomic E-state index is -1.17. The van der Waals surface area contributed by atoms with Gasteiger partial charge in [-0.25, -0.2) is 4.79 Å². The highest BCUT2D eigenvalue weighted by molar-refractivity contribution is 5.92. The number of nitrogens with two attached hydrogens (primary N) is 1. The summed E-state index contributed by atoms with van der Waals surface area (Å²) in [6.45, 7) is 0. The summed E-state index contributed by atoms with van der Waals surface area (Å²) in [6.07, 6.45) is 5.24. The van der Waals surface area contributed by atoms with Crippen molar-refractivity contribution >= 4 is 17.8 Å². The molecule has 0 unspecified atom stereocenters. The standard InChI is InChI=1S/C14H24N2O5/c1-21-13(20)14(7-5-3-2-4-6-8-14)16-12(19)10(15)9-11(17)18/h10H,2-9,15H2,1H3,(H,16,19)(H,17,18)/t10-/m0/s1. The summed E-state index contributed by atoms with van der Waals surface area (Å²) >= 11 is 0. The smallest absolute Gasteiger partial charge is 0.331 e. The van der Waals surface area contributed by atoms with Crippen molar-refractivity contribution in [1.82, 2.24) is 5.32 Å². The number of ether oxygens (including phenoxy) is 1. The summed E-state index contributed by atoms with van der Waals surface area (Å²) in [5.41, 5.74) is 4.48. The van der Waals surface area contributed by atoms with Crippen LogP contribution in [0.2, 0.25) is 0 Å². The van der Waals surface area contributed by atoms with Gasteiger partial charge in [0.05, 0.1) is 19.6 Å². The normalized spacial score (nSPS) is 19.7. The molecule has 7 nitrogen and oxygen atoms in total. The molecular weight excluding hydrogens is 276 g/mol. The minimum absolute atomic E-state index is 0.469. The number of rotatable bonds is 5. The number of nitrogens with one attached hydrogen (secondary N) is 1. The first-order chi connectivity index (χ1) is 9.91. The van der Waals surface area contributed by atoms with Gasteiger partial charge in [0.2, 0.25) is 5.91 Å². The van der Waals surface area contributed by atoms with E-state index in [2.05, 4.69) is 5.32 Å². The molecule has 1 fully saturated rings. The van der Waals surface area contributed by atoms with Crippen molar-refractivity contribution in [2.24, 2.45) is 5.73 Å². The molecule has 1 atom stereocenters. The SMILES string of the molecule is COC(=O)C1(NC(=O)[C@@H](N)CC(=O)O)CCCCCCC1. The van der Waals surface area contributed by atoms with Crippen molar-refractivity contribution in [3.8, 4) is 0 Å². The number of hydrogen-bond acceptors (Lipinski definition) is 5. The summed E-state index contributed by atoms with van der Waals surface area (Å²) in [7, 11) is 1.28. The lowest BCUT2D eigenvalue weighted by Crippen LogP contribution is -2.59. The Kier molecular flexibility index (Phi) is 6.61. The van der Waals surface area contributed by atoms with Gasteiger partial charge in [-0.15, -0.1) is 0 Å². The van der Waals surface area contributed by atoms with Gasteiger partial charge in [-0.3, -0.25) is 9.59 Å². The molecule has 1 amide bonds. The van der Waals surface area contributed by atoms with E-state index in [1.807, 2.05) is 0 Å². The van der Waals surface area contributed by atoms with Crippen LogP contribution in [0.15, 0.2) is 0 Å². The molecule has 1 aliphatic rings. The molecule has 1 saturated carbocycles. The lowest BCUT2D eigenvalue weighted by Gasteiger charge is -2.34. The van der Waals surface area contributed by atoms with Gasteiger partial charge in [-0.05, 0) is 12.8 Å². The molecule has 1 rings (SSSR count). The number of carbonyl (C=O) groups excluding carboxylic acids is 2. The zero-order valence-electron chi connectivity index (χ0n) is 12.4. The van der Waals surface area contributed by atoms with Gasteiger partial charge in [0.25, 0.3) is 0 Å². The van der Waals surface area contributed by atoms with Crippen molar-refractivity contribution in [3.05, 3.63) is 0 Å². The van der Waals surface area contributed by atoms with Crippen LogP contribution in [0.25, 0.3) is 0 Å². The van der Waals surface area contributed by atoms with Crippen LogP contribution in [-0.4, -0.2) is 41.6 Å². The van der Waals surface area contributed by atoms with Crippen LogP contribution in [0.3, 0.4) is 0 Å². The molecule has 0 heterocycles. The molecule has 0 aromatic rings. The lowest BCUT2D eigenvalue weighted by atomic mass is 9.83. The molecular formula is C14H24N2O5. The number of carboxylic acids is 1. The number of amides is 1. The maximum atomic E-state index is 12.1. The second-order valence-corrected chi connectivity index (χ2v) is 5.54. The van der Waals surface area contributed by atoms with E-state index in [4.69, 9.17) is 15.6 Å². The van der Waals surface area contributed by atoms with E-state index in [0.29, 0.717) is 12.8 Å². The Bertz CT molecular complexity index is 389. The van der Waals surface area contributed by atoms with E-state index in [9.17, 15) is 14.4 Å². The molecule has 1 aliphatic carbocycles. The third kappa shape index (κ3) is 5.00. The summed E-state index contributed by atoms with van der Waals surface area (Å²) in [6, 6.07) is -1.17. The van der Waals surface area contributed by atoms with Gasteiger partial charge >= 0.3 is 11.9 Å². The molecule has 0 aromatic carbocycles. The highest BCUT2D eigenvalue weighted by atomic mass is 16.5. The van der Waals surface area contributed by atoms with Crippen LogP contribution in [0.4, 0.5) is 0 Å². The van der Waals surface area contributed by atoms with Crippen molar-refractivity contribution in [1.29, 1.82) is 0 Å². The van der Waals surface area contributed by atoms with Gasteiger partial charge < -0.3 is 20.9 Å². The predicted octanol–water partition coefficient (Wildman–Crippen LogP) is 0.561. The third-order valence-electron chi connectivity index (χ3n) is 3.88. The van der Waals surface area contributed by atoms with E-state index in [1.54, 1.807) is 0 Å². The Balaban J connectivity index is 2.83. The fraction of sp³-hybridized carbons (Fsp3) is 0.786. The highest BCUT2D eigenvalue weighted by Gasteiger charge is 2.41. The Hall–Kier alpha value is -1.63. The molecule has 7 heteroatoms. The number of esters is 1. The van der Waals surface area contributed by atoms with Crippen LogP contribution in [0.1, 0.15) is 51.4 Å². The fourth-order valence-electron chi connectivity index (χ4n) is 2.69. The fourth-order valence-corrected chi connectivity index (χ4v) is 2.69. The molecule has 0 aromatic heterocycles. The first-order valence-electron chi connectivity index (χ1n) is 7.29. The van der Waals surface area contributed by atoms with Crippen molar-refractivity contribution in [2.45, 2.75) is 62.9 Å². The molecule has 0 spiro atoms. The molecule has 0 radical (unpaired) electrons. The van der Waals surface area contributed by atoms with Gasteiger partial charge in [-0.1, -0.05) is 32.1 Å². The van der Waals surface area contributed by atoms with Gasteiger partial charge in [0.15, 0.2) is 0 Å². The Morgan fingerprint density at radius 3 is 2.19 bits per heavy atom. The first-order valence-corrected chi connectivity index (χ1v) is 7.29. The zero-order valence-corrected chi connectivity index (χ0v) is 12.4. The van der Waals surface area contributed by atoms with E-state index in [-0.39, 0.29) is 0 Å². The van der Waals surface area contributed by atoms with E-state index >= 15 is 0 Å². The molecule has 0 saturated heterocycles. The van der Waals surface area contributed by atoms with Crippen LogP contribution in [-0.2, 0) is 19.1 Å². The summed E-state index contributed by atoms with van der Waals surface area (Å²) < 4.78 is 4.84. The van der Waals surface area contributed by atoms with E-state index in [1.165, 1.54) is 7.11 Å². The monoisotopic (exact) mass is 300 g/mol. The maximum absolute atomic E-state index is 12.1. The number of methoxy groups -OCH3 is 1. The van der Waals surface area contributed by atoms with Gasteiger partial charge in [-0.2, -0.15) is 0 Å². The van der Waals surface area contributed by atoms with Crippen LogP contribution in [0.5, 0.6) is 0 Å². The Labute approximate surface area is 124 Å². The number of carbonyl (C=O) groups is 3. The summed E-state index contributed by atoms with van der Waals surface area (Å²) in [5, 5.41) is 11.3. The molecule has 0 bridgehead atoms. The number of hydrogen-bond donors (Lipinski definition) is 3. The van der Waals surface area contributed by atoms with Crippen LogP contribution in [0, 0.1) is 0 Å². The van der Waals surface area contributed by atoms with Crippen LogP contribution >= 0.6 is 0 Å². The number of carboxylic acid groups (broad SMARTS) is 1. The Morgan fingerprint density at radius 2 is 1.71 bits per heavy atom. The lowest BCUT2D eigenvalue weighted by molar-refractivity contribution is -0.152. The average molecular weight is 300 g/mol. The Morgan fingerprint density at radius 1 is 1.19 bits per heavy atom. The average Bonchev–Trinajstić information content (AvgIpc) is 2.40. The van der Waals surface area contributed by atoms with E-state index < -0.39 is 35.8 Å². The van der Waals surface area contributed by atoms with Crippen molar-refractivity contribution < 1.29 is 24.2 Å². The van der Waals surface area contributed by atoms with E-state index in [0.717, 1.165) is 32.1 Å². The topological polar surface area (TPSA) is 119 Å². The summed E-state index contributed by atoms with van der Waals surface area (Å²) in [5.74, 6) is -2.26. The zero-order chi connectivity index (χ0) is 15.9. The molecule has 0 aliphatic heterocycles.